The molecule has 0 aliphatic carbocycles. The number of carbonyl (C=O) groups is 2. The number of aliphatic carboxylic acids is 1. The Morgan fingerprint density at radius 2 is 2.10 bits per heavy atom. The van der Waals surface area contributed by atoms with Crippen molar-refractivity contribution in [1.82, 2.24) is 4.90 Å². The van der Waals surface area contributed by atoms with E-state index < -0.39 is 21.3 Å². The molecule has 1 amide bonds. The van der Waals surface area contributed by atoms with Gasteiger partial charge in [-0.1, -0.05) is 0 Å². The number of sulfone groups is 1. The minimum Gasteiger partial charge on any atom is -0.480 e. The lowest BCUT2D eigenvalue weighted by Crippen LogP contribution is -2.58. The van der Waals surface area contributed by atoms with Gasteiger partial charge in [-0.05, 0) is 32.6 Å². The molecule has 2 saturated heterocycles. The first-order valence-electron chi connectivity index (χ1n) is 7.10. The normalized spacial score (nSPS) is 32.0. The summed E-state index contributed by atoms with van der Waals surface area (Å²) in [5, 5.41) is 9.34. The summed E-state index contributed by atoms with van der Waals surface area (Å²) < 4.78 is 22.8. The fraction of sp³-hybridized carbons (Fsp3) is 0.846. The first-order chi connectivity index (χ1) is 9.74. The molecule has 8 heteroatoms. The molecule has 0 spiro atoms. The number of hydrogen-bond acceptors (Lipinski definition) is 5. The Hall–Kier alpha value is -0.760. The molecule has 0 radical (unpaired) electrons. The van der Waals surface area contributed by atoms with Gasteiger partial charge in [0.2, 0.25) is 5.91 Å². The van der Waals surface area contributed by atoms with E-state index in [-0.39, 0.29) is 28.4 Å². The highest BCUT2D eigenvalue weighted by Crippen LogP contribution is 2.30. The summed E-state index contributed by atoms with van der Waals surface area (Å²) >= 11 is 1.34. The van der Waals surface area contributed by atoms with Gasteiger partial charge in [-0.15, -0.1) is 11.8 Å². The highest BCUT2D eigenvalue weighted by atomic mass is 32.2. The van der Waals surface area contributed by atoms with Crippen LogP contribution in [-0.4, -0.2) is 64.9 Å². The lowest BCUT2D eigenvalue weighted by atomic mass is 9.88. The molecule has 21 heavy (non-hydrogen) atoms. The number of likely N-dealkylation sites (tertiary alicyclic amines) is 1. The van der Waals surface area contributed by atoms with E-state index in [4.69, 9.17) is 0 Å². The Labute approximate surface area is 129 Å². The zero-order valence-electron chi connectivity index (χ0n) is 12.1. The smallest absolute Gasteiger partial charge is 0.329 e. The second-order valence-electron chi connectivity index (χ2n) is 5.92. The molecule has 0 saturated carbocycles. The summed E-state index contributed by atoms with van der Waals surface area (Å²) in [6, 6.07) is 0. The van der Waals surface area contributed by atoms with Crippen LogP contribution in [-0.2, 0) is 19.4 Å². The van der Waals surface area contributed by atoms with Gasteiger partial charge in [-0.2, -0.15) is 0 Å². The van der Waals surface area contributed by atoms with E-state index in [9.17, 15) is 23.1 Å². The summed E-state index contributed by atoms with van der Waals surface area (Å²) in [5.41, 5.74) is -1.13. The maximum absolute atomic E-state index is 12.3. The average Bonchev–Trinajstić information content (AvgIpc) is 2.76. The van der Waals surface area contributed by atoms with E-state index in [0.717, 1.165) is 12.8 Å². The van der Waals surface area contributed by atoms with Gasteiger partial charge in [0, 0.05) is 11.8 Å². The Bertz CT molecular complexity index is 533. The van der Waals surface area contributed by atoms with Crippen molar-refractivity contribution in [3.63, 3.8) is 0 Å². The lowest BCUT2D eigenvalue weighted by molar-refractivity contribution is -0.159. The molecular weight excluding hydrogens is 314 g/mol. The average molecular weight is 335 g/mol. The van der Waals surface area contributed by atoms with Crippen LogP contribution in [0.4, 0.5) is 0 Å². The number of amides is 1. The number of hydrogen-bond donors (Lipinski definition) is 1. The summed E-state index contributed by atoms with van der Waals surface area (Å²) in [6.45, 7) is 2.06. The minimum atomic E-state index is -2.94. The Morgan fingerprint density at radius 3 is 2.67 bits per heavy atom. The molecule has 120 valence electrons. The maximum atomic E-state index is 12.3. The third kappa shape index (κ3) is 3.71. The number of thioether (sulfide) groups is 1. The number of carbonyl (C=O) groups excluding carboxylic acids is 1. The summed E-state index contributed by atoms with van der Waals surface area (Å²) in [4.78, 5) is 25.2. The van der Waals surface area contributed by atoms with Crippen LogP contribution in [0.2, 0.25) is 0 Å². The van der Waals surface area contributed by atoms with Crippen LogP contribution in [0.15, 0.2) is 0 Å². The minimum absolute atomic E-state index is 0.0418. The zero-order valence-corrected chi connectivity index (χ0v) is 13.7. The fourth-order valence-electron chi connectivity index (χ4n) is 2.90. The predicted molar refractivity (Wildman–Crippen MR) is 81.1 cm³/mol. The van der Waals surface area contributed by atoms with Crippen molar-refractivity contribution >= 4 is 33.5 Å². The summed E-state index contributed by atoms with van der Waals surface area (Å²) in [5.74, 6) is -0.697. The van der Waals surface area contributed by atoms with E-state index in [1.54, 1.807) is 6.92 Å². The van der Waals surface area contributed by atoms with E-state index in [0.29, 0.717) is 19.4 Å². The van der Waals surface area contributed by atoms with E-state index in [1.165, 1.54) is 16.7 Å². The SMILES string of the molecule is CC1(C(=O)O)CCCCN1C(=O)CSC1CCS(=O)(=O)C1. The second-order valence-corrected chi connectivity index (χ2v) is 9.43. The molecular formula is C13H21NO5S2. The molecule has 2 atom stereocenters. The molecule has 2 aliphatic rings. The molecule has 2 heterocycles. The topological polar surface area (TPSA) is 91.8 Å². The van der Waals surface area contributed by atoms with E-state index in [2.05, 4.69) is 0 Å². The number of nitrogens with zero attached hydrogens (tertiary/aromatic N) is 1. The highest BCUT2D eigenvalue weighted by molar-refractivity contribution is 8.02. The third-order valence-electron chi connectivity index (χ3n) is 4.29. The molecule has 1 N–H and O–H groups in total. The Balaban J connectivity index is 1.94. The fourth-order valence-corrected chi connectivity index (χ4v) is 6.42. The molecule has 2 fully saturated rings. The van der Waals surface area contributed by atoms with Gasteiger partial charge in [-0.3, -0.25) is 4.79 Å². The van der Waals surface area contributed by atoms with Crippen molar-refractivity contribution in [2.45, 2.75) is 43.4 Å². The van der Waals surface area contributed by atoms with Crippen LogP contribution in [0.3, 0.4) is 0 Å². The Morgan fingerprint density at radius 1 is 1.38 bits per heavy atom. The summed E-state index contributed by atoms with van der Waals surface area (Å²) in [6.07, 6.45) is 2.67. The van der Waals surface area contributed by atoms with Crippen LogP contribution >= 0.6 is 11.8 Å². The molecule has 0 aromatic heterocycles. The van der Waals surface area contributed by atoms with E-state index in [1.807, 2.05) is 0 Å². The number of piperidine rings is 1. The molecule has 0 aromatic carbocycles. The van der Waals surface area contributed by atoms with Crippen LogP contribution in [0.1, 0.15) is 32.6 Å². The molecule has 0 bridgehead atoms. The van der Waals surface area contributed by atoms with Crippen molar-refractivity contribution in [3.05, 3.63) is 0 Å². The predicted octanol–water partition coefficient (Wildman–Crippen LogP) is 0.763. The van der Waals surface area contributed by atoms with Gasteiger partial charge < -0.3 is 10.0 Å². The third-order valence-corrected chi connectivity index (χ3v) is 7.55. The molecule has 2 rings (SSSR count). The van der Waals surface area contributed by atoms with Crippen molar-refractivity contribution in [2.24, 2.45) is 0 Å². The lowest BCUT2D eigenvalue weighted by Gasteiger charge is -2.41. The van der Waals surface area contributed by atoms with Crippen LogP contribution < -0.4 is 0 Å². The molecule has 0 aromatic rings. The Kier molecular flexibility index (Phi) is 4.87. The zero-order chi connectivity index (χ0) is 15.7. The van der Waals surface area contributed by atoms with Gasteiger partial charge in [0.25, 0.3) is 0 Å². The maximum Gasteiger partial charge on any atom is 0.329 e. The largest absolute Gasteiger partial charge is 0.480 e. The van der Waals surface area contributed by atoms with Crippen LogP contribution in [0.5, 0.6) is 0 Å². The molecule has 6 nitrogen and oxygen atoms in total. The first-order valence-corrected chi connectivity index (χ1v) is 9.97. The second kappa shape index (κ2) is 6.16. The van der Waals surface area contributed by atoms with Crippen molar-refractivity contribution < 1.29 is 23.1 Å². The number of carboxylic acids is 1. The first kappa shape index (κ1) is 16.6. The van der Waals surface area contributed by atoms with Crippen molar-refractivity contribution in [3.8, 4) is 0 Å². The molecule has 2 unspecified atom stereocenters. The highest BCUT2D eigenvalue weighted by Gasteiger charge is 2.43. The van der Waals surface area contributed by atoms with Crippen molar-refractivity contribution in [2.75, 3.05) is 23.8 Å². The number of carboxylic acid groups (broad SMARTS) is 1. The van der Waals surface area contributed by atoms with E-state index >= 15 is 0 Å². The van der Waals surface area contributed by atoms with Crippen LogP contribution in [0, 0.1) is 0 Å². The standard InChI is InChI=1S/C13H21NO5S2/c1-13(12(16)17)5-2-3-6-14(13)11(15)8-20-10-4-7-21(18,19)9-10/h10H,2-9H2,1H3,(H,16,17). The van der Waals surface area contributed by atoms with Gasteiger partial charge in [-0.25, -0.2) is 13.2 Å². The monoisotopic (exact) mass is 335 g/mol. The van der Waals surface area contributed by atoms with Gasteiger partial charge in [0.15, 0.2) is 9.84 Å². The van der Waals surface area contributed by atoms with Gasteiger partial charge in [0.1, 0.15) is 5.54 Å². The molecule has 2 aliphatic heterocycles. The quantitative estimate of drug-likeness (QED) is 0.815. The van der Waals surface area contributed by atoms with Gasteiger partial charge in [0.05, 0.1) is 17.3 Å². The summed E-state index contributed by atoms with van der Waals surface area (Å²) in [7, 11) is -2.94. The van der Waals surface area contributed by atoms with Crippen LogP contribution in [0.25, 0.3) is 0 Å². The number of rotatable bonds is 4. The van der Waals surface area contributed by atoms with Gasteiger partial charge >= 0.3 is 5.97 Å². The van der Waals surface area contributed by atoms with Crippen molar-refractivity contribution in [1.29, 1.82) is 0 Å².